The van der Waals surface area contributed by atoms with E-state index in [0.717, 1.165) is 23.4 Å². The third-order valence-electron chi connectivity index (χ3n) is 6.31. The first kappa shape index (κ1) is 27.5. The summed E-state index contributed by atoms with van der Waals surface area (Å²) < 4.78 is 5.31. The molecule has 1 fully saturated rings. The van der Waals surface area contributed by atoms with Crippen molar-refractivity contribution >= 4 is 35.3 Å². The van der Waals surface area contributed by atoms with Crippen LogP contribution in [0.25, 0.3) is 0 Å². The third-order valence-corrected chi connectivity index (χ3v) is 7.83. The Kier molecular flexibility index (Phi) is 10.9. The van der Waals surface area contributed by atoms with Crippen molar-refractivity contribution in [3.63, 3.8) is 0 Å². The quantitative estimate of drug-likeness (QED) is 0.140. The van der Waals surface area contributed by atoms with Crippen LogP contribution < -0.4 is 16.0 Å². The molecule has 0 amide bonds. The number of nitrogens with one attached hydrogen (secondary N) is 1. The minimum absolute atomic E-state index is 0.0967. The van der Waals surface area contributed by atoms with Crippen LogP contribution in [-0.2, 0) is 17.6 Å². The van der Waals surface area contributed by atoms with Crippen LogP contribution in [0.1, 0.15) is 67.1 Å². The number of Topliss-reactive ketones (excluding diaryl/α,β-unsaturated/α-hetero) is 1. The van der Waals surface area contributed by atoms with Crippen molar-refractivity contribution in [2.75, 3.05) is 17.8 Å². The minimum Gasteiger partial charge on any atom is -0.425 e. The first-order chi connectivity index (χ1) is 16.9. The summed E-state index contributed by atoms with van der Waals surface area (Å²) >= 11 is 2.86. The molecule has 0 radical (unpaired) electrons. The Labute approximate surface area is 215 Å². The largest absolute Gasteiger partial charge is 0.425 e. The van der Waals surface area contributed by atoms with Crippen molar-refractivity contribution in [1.29, 1.82) is 0 Å². The zero-order valence-electron chi connectivity index (χ0n) is 20.5. The Morgan fingerprint density at radius 1 is 1.20 bits per heavy atom. The molecule has 0 spiro atoms. The monoisotopic (exact) mass is 517 g/mol. The van der Waals surface area contributed by atoms with E-state index in [4.69, 9.17) is 15.5 Å². The molecule has 9 heteroatoms. The number of ether oxygens (including phenoxy) is 1. The van der Waals surface area contributed by atoms with Crippen molar-refractivity contribution in [2.45, 2.75) is 69.5 Å². The lowest BCUT2D eigenvalue weighted by molar-refractivity contribution is -0.135. The van der Waals surface area contributed by atoms with Crippen LogP contribution in [0.4, 0.5) is 0 Å². The van der Waals surface area contributed by atoms with E-state index in [0.29, 0.717) is 35.2 Å². The predicted molar refractivity (Wildman–Crippen MR) is 143 cm³/mol. The summed E-state index contributed by atoms with van der Waals surface area (Å²) in [5, 5.41) is 0.483. The van der Waals surface area contributed by atoms with E-state index in [1.165, 1.54) is 43.9 Å². The van der Waals surface area contributed by atoms with E-state index < -0.39 is 12.0 Å². The van der Waals surface area contributed by atoms with Crippen LogP contribution in [-0.4, -0.2) is 45.5 Å². The molecular formula is C26H35N3O4S2. The fourth-order valence-electron chi connectivity index (χ4n) is 4.27. The summed E-state index contributed by atoms with van der Waals surface area (Å²) in [7, 11) is 0. The number of nitrogens with zero attached hydrogens (tertiary/aromatic N) is 1. The highest BCUT2D eigenvalue weighted by molar-refractivity contribution is 7.99. The van der Waals surface area contributed by atoms with Crippen LogP contribution in [0, 0.1) is 5.92 Å². The highest BCUT2D eigenvalue weighted by Crippen LogP contribution is 2.27. The molecule has 1 aromatic carbocycles. The topological polar surface area (TPSA) is 115 Å². The number of hydrogen-bond donors (Lipinski definition) is 2. The van der Waals surface area contributed by atoms with Gasteiger partial charge in [0.05, 0.1) is 11.4 Å². The number of aromatic amines is 1. The number of H-pyrrole nitrogens is 1. The summed E-state index contributed by atoms with van der Waals surface area (Å²) in [5.41, 5.74) is 7.86. The summed E-state index contributed by atoms with van der Waals surface area (Å²) in [6.45, 7) is 1.98. The van der Waals surface area contributed by atoms with Crippen molar-refractivity contribution in [1.82, 2.24) is 9.97 Å². The molecule has 7 nitrogen and oxygen atoms in total. The smallest absolute Gasteiger partial charge is 0.328 e. The van der Waals surface area contributed by atoms with E-state index >= 15 is 0 Å². The van der Waals surface area contributed by atoms with Gasteiger partial charge in [-0.3, -0.25) is 9.59 Å². The second-order valence-electron chi connectivity index (χ2n) is 8.90. The van der Waals surface area contributed by atoms with Crippen molar-refractivity contribution < 1.29 is 14.3 Å². The number of aromatic nitrogens is 2. The summed E-state index contributed by atoms with van der Waals surface area (Å²) in [4.78, 5) is 45.0. The van der Waals surface area contributed by atoms with Gasteiger partial charge in [-0.2, -0.15) is 11.8 Å². The van der Waals surface area contributed by atoms with Crippen molar-refractivity contribution in [3.05, 3.63) is 51.4 Å². The first-order valence-corrected chi connectivity index (χ1v) is 14.6. The molecule has 0 aliphatic heterocycles. The highest BCUT2D eigenvalue weighted by atomic mass is 32.2. The second kappa shape index (κ2) is 13.8. The van der Waals surface area contributed by atoms with E-state index in [-0.39, 0.29) is 17.1 Å². The summed E-state index contributed by atoms with van der Waals surface area (Å²) in [6.07, 6.45) is 10.1. The van der Waals surface area contributed by atoms with Crippen LogP contribution in [0.15, 0.2) is 34.2 Å². The molecule has 0 saturated heterocycles. The van der Waals surface area contributed by atoms with Crippen LogP contribution in [0.2, 0.25) is 0 Å². The Balaban J connectivity index is 1.59. The number of esters is 1. The van der Waals surface area contributed by atoms with E-state index in [9.17, 15) is 14.4 Å². The zero-order chi connectivity index (χ0) is 25.2. The first-order valence-electron chi connectivity index (χ1n) is 12.3. The Morgan fingerprint density at radius 2 is 1.91 bits per heavy atom. The molecule has 1 aromatic heterocycles. The normalized spacial score (nSPS) is 15.1. The summed E-state index contributed by atoms with van der Waals surface area (Å²) in [6, 6.07) is 5.77. The van der Waals surface area contributed by atoms with Gasteiger partial charge in [0.15, 0.2) is 10.9 Å². The van der Waals surface area contributed by atoms with Gasteiger partial charge >= 0.3 is 5.97 Å². The predicted octanol–water partition coefficient (Wildman–Crippen LogP) is 4.42. The van der Waals surface area contributed by atoms with Crippen molar-refractivity contribution in [3.8, 4) is 5.75 Å². The number of carbonyl (C=O) groups is 2. The van der Waals surface area contributed by atoms with Crippen molar-refractivity contribution in [2.24, 2.45) is 11.7 Å². The molecule has 190 valence electrons. The van der Waals surface area contributed by atoms with Crippen LogP contribution in [0.5, 0.6) is 5.75 Å². The number of carbonyl (C=O) groups excluding carboxylic acids is 2. The molecule has 1 aliphatic rings. The lowest BCUT2D eigenvalue weighted by Gasteiger charge is -2.22. The van der Waals surface area contributed by atoms with E-state index in [1.807, 2.05) is 13.2 Å². The van der Waals surface area contributed by atoms with Gasteiger partial charge in [-0.1, -0.05) is 50.8 Å². The van der Waals surface area contributed by atoms with Gasteiger partial charge in [0.25, 0.3) is 5.56 Å². The molecule has 1 saturated carbocycles. The summed E-state index contributed by atoms with van der Waals surface area (Å²) in [5.74, 6) is 1.28. The molecule has 35 heavy (non-hydrogen) atoms. The fraction of sp³-hybridized carbons (Fsp3) is 0.538. The minimum atomic E-state index is -0.670. The van der Waals surface area contributed by atoms with E-state index in [2.05, 4.69) is 4.98 Å². The lowest BCUT2D eigenvalue weighted by Crippen LogP contribution is -2.34. The van der Waals surface area contributed by atoms with Crippen LogP contribution >= 0.6 is 23.5 Å². The van der Waals surface area contributed by atoms with E-state index in [1.54, 1.807) is 36.0 Å². The molecule has 3 N–H and O–H groups in total. The number of nitrogens with two attached hydrogens (primary N) is 1. The van der Waals surface area contributed by atoms with Crippen LogP contribution in [0.3, 0.4) is 0 Å². The molecule has 2 aromatic rings. The molecule has 3 rings (SSSR count). The van der Waals surface area contributed by atoms with Gasteiger partial charge in [0.1, 0.15) is 11.8 Å². The average Bonchev–Trinajstić information content (AvgIpc) is 2.86. The third kappa shape index (κ3) is 8.22. The highest BCUT2D eigenvalue weighted by Gasteiger charge is 2.19. The zero-order valence-corrected chi connectivity index (χ0v) is 22.1. The number of benzene rings is 1. The molecular weight excluding hydrogens is 482 g/mol. The second-order valence-corrected chi connectivity index (χ2v) is 10.9. The fourth-order valence-corrected chi connectivity index (χ4v) is 5.53. The van der Waals surface area contributed by atoms with Gasteiger partial charge in [0.2, 0.25) is 0 Å². The van der Waals surface area contributed by atoms with Gasteiger partial charge < -0.3 is 15.5 Å². The van der Waals surface area contributed by atoms with Gasteiger partial charge in [0, 0.05) is 11.1 Å². The number of ketones is 1. The maximum absolute atomic E-state index is 12.7. The molecule has 1 unspecified atom stereocenters. The molecule has 1 aliphatic carbocycles. The molecule has 1 heterocycles. The Bertz CT molecular complexity index is 1050. The Morgan fingerprint density at radius 3 is 2.57 bits per heavy atom. The maximum atomic E-state index is 12.7. The molecule has 1 atom stereocenters. The SMILES string of the molecule is CCc1c(CC2CCCCC2)nc(SCC(=O)c2ccc(OC(=O)C(N)CCSC)cc2)[nH]c1=O. The lowest BCUT2D eigenvalue weighted by atomic mass is 9.85. The number of hydrogen-bond acceptors (Lipinski definition) is 8. The van der Waals surface area contributed by atoms with Gasteiger partial charge in [-0.25, -0.2) is 9.78 Å². The average molecular weight is 518 g/mol. The molecule has 0 bridgehead atoms. The maximum Gasteiger partial charge on any atom is 0.328 e. The number of thioether (sulfide) groups is 2. The standard InChI is InChI=1S/C26H35N3O4S2/c1-3-20-22(15-17-7-5-4-6-8-17)28-26(29-24(20)31)35-16-23(30)18-9-11-19(12-10-18)33-25(32)21(27)13-14-34-2/h9-12,17,21H,3-8,13-16,27H2,1-2H3,(H,28,29,31). The number of rotatable bonds is 12. The van der Waals surface area contributed by atoms with Gasteiger partial charge in [-0.15, -0.1) is 0 Å². The Hall–Kier alpha value is -2.10. The van der Waals surface area contributed by atoms with Gasteiger partial charge in [-0.05, 0) is 61.5 Å².